The molecule has 0 amide bonds. The van der Waals surface area contributed by atoms with Gasteiger partial charge in [-0.05, 0) is 54.3 Å². The third kappa shape index (κ3) is 3.91. The second-order valence-electron chi connectivity index (χ2n) is 6.03. The van der Waals surface area contributed by atoms with Gasteiger partial charge in [0.25, 0.3) is 0 Å². The Morgan fingerprint density at radius 2 is 2.12 bits per heavy atom. The first kappa shape index (κ1) is 17.2. The smallest absolute Gasteiger partial charge is 0.143 e. The van der Waals surface area contributed by atoms with Crippen molar-refractivity contribution < 1.29 is 14.2 Å². The SMILES string of the molecule is CNc1ccc(C2=Nc3ccc(N)cc3CC2)cc1OCC(O)CF. The molecule has 1 unspecified atom stereocenters. The fourth-order valence-electron chi connectivity index (χ4n) is 2.84. The van der Waals surface area contributed by atoms with E-state index in [0.717, 1.165) is 46.7 Å². The minimum atomic E-state index is -1.13. The highest BCUT2D eigenvalue weighted by atomic mass is 19.1. The van der Waals surface area contributed by atoms with Crippen LogP contribution in [-0.4, -0.2) is 37.3 Å². The molecule has 1 aliphatic rings. The molecule has 0 spiro atoms. The van der Waals surface area contributed by atoms with Crippen LogP contribution < -0.4 is 15.8 Å². The number of aliphatic hydroxyl groups is 1. The molecule has 6 heteroatoms. The van der Waals surface area contributed by atoms with E-state index >= 15 is 0 Å². The zero-order valence-electron chi connectivity index (χ0n) is 14.1. The number of aliphatic imine (C=N–C) groups is 1. The van der Waals surface area contributed by atoms with Gasteiger partial charge in [-0.2, -0.15) is 0 Å². The normalized spacial score (nSPS) is 14.4. The minimum Gasteiger partial charge on any atom is -0.489 e. The molecule has 3 rings (SSSR count). The number of halogens is 1. The van der Waals surface area contributed by atoms with E-state index < -0.39 is 12.8 Å². The van der Waals surface area contributed by atoms with Crippen LogP contribution in [0.15, 0.2) is 41.4 Å². The lowest BCUT2D eigenvalue weighted by atomic mass is 9.96. The van der Waals surface area contributed by atoms with Crippen molar-refractivity contribution in [2.24, 2.45) is 4.99 Å². The summed E-state index contributed by atoms with van der Waals surface area (Å²) in [6.45, 7) is -0.926. The van der Waals surface area contributed by atoms with Gasteiger partial charge < -0.3 is 20.9 Å². The lowest BCUT2D eigenvalue weighted by Gasteiger charge is -2.18. The van der Waals surface area contributed by atoms with Gasteiger partial charge in [0.1, 0.15) is 25.1 Å². The summed E-state index contributed by atoms with van der Waals surface area (Å²) in [5.74, 6) is 0.568. The molecule has 2 aromatic rings. The maximum Gasteiger partial charge on any atom is 0.143 e. The number of benzene rings is 2. The highest BCUT2D eigenvalue weighted by Crippen LogP contribution is 2.32. The zero-order chi connectivity index (χ0) is 17.8. The second kappa shape index (κ2) is 7.53. The summed E-state index contributed by atoms with van der Waals surface area (Å²) in [6, 6.07) is 11.5. The number of nitrogen functional groups attached to an aromatic ring is 1. The number of ether oxygens (including phenoxy) is 1. The van der Waals surface area contributed by atoms with Crippen molar-refractivity contribution in [3.8, 4) is 5.75 Å². The van der Waals surface area contributed by atoms with Crippen LogP contribution in [0.5, 0.6) is 5.75 Å². The van der Waals surface area contributed by atoms with Crippen LogP contribution in [0.3, 0.4) is 0 Å². The van der Waals surface area contributed by atoms with Gasteiger partial charge in [0, 0.05) is 18.4 Å². The Balaban J connectivity index is 1.88. The van der Waals surface area contributed by atoms with Crippen LogP contribution in [0, 0.1) is 0 Å². The van der Waals surface area contributed by atoms with Crippen LogP contribution in [0.4, 0.5) is 21.5 Å². The maximum absolute atomic E-state index is 12.4. The van der Waals surface area contributed by atoms with Gasteiger partial charge >= 0.3 is 0 Å². The third-order valence-corrected chi connectivity index (χ3v) is 4.18. The molecular formula is C19H22FN3O2. The summed E-state index contributed by atoms with van der Waals surface area (Å²) in [5.41, 5.74) is 11.4. The van der Waals surface area contributed by atoms with Crippen molar-refractivity contribution in [1.82, 2.24) is 0 Å². The predicted octanol–water partition coefficient (Wildman–Crippen LogP) is 3.09. The number of hydrogen-bond acceptors (Lipinski definition) is 5. The molecule has 0 bridgehead atoms. The Hall–Kier alpha value is -2.60. The van der Waals surface area contributed by atoms with Gasteiger partial charge in [-0.15, -0.1) is 0 Å². The standard InChI is InChI=1S/C19H22FN3O2/c1-22-18-6-3-13(9-19(18)25-11-15(24)10-20)16-5-2-12-8-14(21)4-7-17(12)23-16/h3-4,6-9,15,22,24H,2,5,10-11,21H2,1H3. The largest absolute Gasteiger partial charge is 0.489 e. The first-order valence-corrected chi connectivity index (χ1v) is 8.25. The van der Waals surface area contributed by atoms with Gasteiger partial charge in [0.05, 0.1) is 11.4 Å². The minimum absolute atomic E-state index is 0.0940. The van der Waals surface area contributed by atoms with E-state index in [1.807, 2.05) is 36.4 Å². The fourth-order valence-corrected chi connectivity index (χ4v) is 2.84. The molecule has 1 heterocycles. The first-order chi connectivity index (χ1) is 12.1. The summed E-state index contributed by atoms with van der Waals surface area (Å²) in [6.07, 6.45) is 0.559. The number of alkyl halides is 1. The van der Waals surface area contributed by atoms with Crippen LogP contribution >= 0.6 is 0 Å². The van der Waals surface area contributed by atoms with Gasteiger partial charge in [-0.25, -0.2) is 4.39 Å². The molecular weight excluding hydrogens is 321 g/mol. The van der Waals surface area contributed by atoms with Gasteiger partial charge in [0.15, 0.2) is 0 Å². The Morgan fingerprint density at radius 1 is 1.28 bits per heavy atom. The summed E-state index contributed by atoms with van der Waals surface area (Å²) in [5, 5.41) is 12.4. The average molecular weight is 343 g/mol. The number of anilines is 2. The number of nitrogens with one attached hydrogen (secondary N) is 1. The van der Waals surface area contributed by atoms with Crippen molar-refractivity contribution in [3.63, 3.8) is 0 Å². The summed E-state index contributed by atoms with van der Waals surface area (Å²) < 4.78 is 18.0. The maximum atomic E-state index is 12.4. The topological polar surface area (TPSA) is 79.9 Å². The van der Waals surface area contributed by atoms with Crippen molar-refractivity contribution >= 4 is 22.8 Å². The summed E-state index contributed by atoms with van der Waals surface area (Å²) in [7, 11) is 1.78. The molecule has 0 saturated heterocycles. The van der Waals surface area contributed by atoms with E-state index in [1.54, 1.807) is 7.05 Å². The molecule has 0 fully saturated rings. The molecule has 132 valence electrons. The fraction of sp³-hybridized carbons (Fsp3) is 0.316. The molecule has 0 radical (unpaired) electrons. The molecule has 25 heavy (non-hydrogen) atoms. The highest BCUT2D eigenvalue weighted by Gasteiger charge is 2.16. The van der Waals surface area contributed by atoms with Crippen molar-refractivity contribution in [2.45, 2.75) is 18.9 Å². The van der Waals surface area contributed by atoms with Crippen molar-refractivity contribution in [2.75, 3.05) is 31.4 Å². The molecule has 4 N–H and O–H groups in total. The molecule has 1 aliphatic heterocycles. The monoisotopic (exact) mass is 343 g/mol. The van der Waals surface area contributed by atoms with Crippen molar-refractivity contribution in [3.05, 3.63) is 47.5 Å². The Labute approximate surface area is 146 Å². The van der Waals surface area contributed by atoms with Gasteiger partial charge in [-0.3, -0.25) is 4.99 Å². The van der Waals surface area contributed by atoms with E-state index in [4.69, 9.17) is 15.5 Å². The average Bonchev–Trinajstić information content (AvgIpc) is 2.65. The predicted molar refractivity (Wildman–Crippen MR) is 98.8 cm³/mol. The molecule has 1 atom stereocenters. The summed E-state index contributed by atoms with van der Waals surface area (Å²) >= 11 is 0. The molecule has 0 aliphatic carbocycles. The van der Waals surface area contributed by atoms with Crippen molar-refractivity contribution in [1.29, 1.82) is 0 Å². The van der Waals surface area contributed by atoms with E-state index in [0.29, 0.717) is 5.75 Å². The molecule has 0 aromatic heterocycles. The number of aryl methyl sites for hydroxylation is 1. The third-order valence-electron chi connectivity index (χ3n) is 4.18. The quantitative estimate of drug-likeness (QED) is 0.704. The number of nitrogens with zero attached hydrogens (tertiary/aromatic N) is 1. The second-order valence-corrected chi connectivity index (χ2v) is 6.03. The number of nitrogens with two attached hydrogens (primary N) is 1. The first-order valence-electron chi connectivity index (χ1n) is 8.25. The number of fused-ring (bicyclic) bond motifs is 1. The van der Waals surface area contributed by atoms with E-state index in [1.165, 1.54) is 0 Å². The Bertz CT molecular complexity index is 792. The zero-order valence-corrected chi connectivity index (χ0v) is 14.1. The van der Waals surface area contributed by atoms with E-state index in [-0.39, 0.29) is 6.61 Å². The molecule has 5 nitrogen and oxygen atoms in total. The highest BCUT2D eigenvalue weighted by molar-refractivity contribution is 6.04. The molecule has 2 aromatic carbocycles. The van der Waals surface area contributed by atoms with Crippen LogP contribution in [0.25, 0.3) is 0 Å². The van der Waals surface area contributed by atoms with E-state index in [9.17, 15) is 9.50 Å². The number of aliphatic hydroxyl groups excluding tert-OH is 1. The van der Waals surface area contributed by atoms with Crippen LogP contribution in [0.2, 0.25) is 0 Å². The van der Waals surface area contributed by atoms with Crippen LogP contribution in [0.1, 0.15) is 17.5 Å². The lowest BCUT2D eigenvalue weighted by Crippen LogP contribution is -2.20. The van der Waals surface area contributed by atoms with Crippen LogP contribution in [-0.2, 0) is 6.42 Å². The van der Waals surface area contributed by atoms with E-state index in [2.05, 4.69) is 5.32 Å². The van der Waals surface area contributed by atoms with Gasteiger partial charge in [-0.1, -0.05) is 6.07 Å². The Kier molecular flexibility index (Phi) is 5.19. The van der Waals surface area contributed by atoms with Gasteiger partial charge in [0.2, 0.25) is 0 Å². The summed E-state index contributed by atoms with van der Waals surface area (Å²) in [4.78, 5) is 4.74. The molecule has 0 saturated carbocycles. The Morgan fingerprint density at radius 3 is 2.88 bits per heavy atom. The number of rotatable bonds is 6. The number of hydrogen-bond donors (Lipinski definition) is 3. The lowest BCUT2D eigenvalue weighted by molar-refractivity contribution is 0.0845.